The van der Waals surface area contributed by atoms with Crippen LogP contribution in [0.5, 0.6) is 0 Å². The average Bonchev–Trinajstić information content (AvgIpc) is 3.31. The Balaban J connectivity index is 1.44. The third-order valence-electron chi connectivity index (χ3n) is 4.49. The highest BCUT2D eigenvalue weighted by Crippen LogP contribution is 2.30. The van der Waals surface area contributed by atoms with Gasteiger partial charge in [0.1, 0.15) is 12.2 Å². The van der Waals surface area contributed by atoms with E-state index < -0.39 is 0 Å². The molecule has 2 heterocycles. The maximum atomic E-state index is 12.1. The summed E-state index contributed by atoms with van der Waals surface area (Å²) in [5.41, 5.74) is 5.34. The van der Waals surface area contributed by atoms with Gasteiger partial charge in [-0.3, -0.25) is 4.79 Å². The van der Waals surface area contributed by atoms with Gasteiger partial charge in [0, 0.05) is 16.3 Å². The van der Waals surface area contributed by atoms with E-state index in [4.69, 9.17) is 9.15 Å². The van der Waals surface area contributed by atoms with Crippen molar-refractivity contribution in [2.45, 2.75) is 45.6 Å². The van der Waals surface area contributed by atoms with Crippen LogP contribution >= 0.6 is 11.3 Å². The van der Waals surface area contributed by atoms with Crippen molar-refractivity contribution >= 4 is 28.3 Å². The van der Waals surface area contributed by atoms with E-state index in [-0.39, 0.29) is 19.0 Å². The summed E-state index contributed by atoms with van der Waals surface area (Å²) in [6.07, 6.45) is 6.26. The lowest BCUT2D eigenvalue weighted by atomic mass is 10.0. The molecule has 0 radical (unpaired) electrons. The molecule has 0 saturated carbocycles. The highest BCUT2D eigenvalue weighted by atomic mass is 32.1. The van der Waals surface area contributed by atoms with Crippen molar-refractivity contribution in [3.8, 4) is 0 Å². The number of carbonyl (C=O) groups is 1. The van der Waals surface area contributed by atoms with Gasteiger partial charge in [-0.1, -0.05) is 6.92 Å². The molecular weight excluding hydrogens is 322 g/mol. The predicted molar refractivity (Wildman–Crippen MR) is 93.2 cm³/mol. The SMILES string of the molecule is CCc1nc(COC(=O)Cc2coc3cc4c(cc23)CCC4)cs1. The topological polar surface area (TPSA) is 52.3 Å². The maximum Gasteiger partial charge on any atom is 0.310 e. The lowest BCUT2D eigenvalue weighted by Gasteiger charge is -2.03. The Labute approximate surface area is 144 Å². The average molecular weight is 341 g/mol. The molecule has 0 spiro atoms. The van der Waals surface area contributed by atoms with Crippen molar-refractivity contribution in [2.24, 2.45) is 0 Å². The molecule has 0 N–H and O–H groups in total. The Hall–Kier alpha value is -2.14. The van der Waals surface area contributed by atoms with Gasteiger partial charge in [0.2, 0.25) is 0 Å². The zero-order valence-electron chi connectivity index (χ0n) is 13.6. The second kappa shape index (κ2) is 6.40. The van der Waals surface area contributed by atoms with Crippen LogP contribution in [0.3, 0.4) is 0 Å². The first-order valence-corrected chi connectivity index (χ1v) is 9.21. The number of ether oxygens (including phenoxy) is 1. The second-order valence-electron chi connectivity index (χ2n) is 6.16. The molecule has 124 valence electrons. The van der Waals surface area contributed by atoms with E-state index in [0.29, 0.717) is 0 Å². The van der Waals surface area contributed by atoms with Gasteiger partial charge < -0.3 is 9.15 Å². The van der Waals surface area contributed by atoms with E-state index in [0.717, 1.165) is 46.5 Å². The quantitative estimate of drug-likeness (QED) is 0.652. The fourth-order valence-electron chi connectivity index (χ4n) is 3.22. The number of hydrogen-bond acceptors (Lipinski definition) is 5. The zero-order chi connectivity index (χ0) is 16.5. The van der Waals surface area contributed by atoms with Crippen LogP contribution in [0.1, 0.15) is 40.7 Å². The van der Waals surface area contributed by atoms with Gasteiger partial charge in [0.15, 0.2) is 0 Å². The zero-order valence-corrected chi connectivity index (χ0v) is 14.4. The van der Waals surface area contributed by atoms with Gasteiger partial charge >= 0.3 is 5.97 Å². The number of rotatable bonds is 5. The van der Waals surface area contributed by atoms with Crippen LogP contribution in [0, 0.1) is 0 Å². The fourth-order valence-corrected chi connectivity index (χ4v) is 3.95. The van der Waals surface area contributed by atoms with E-state index in [2.05, 4.69) is 24.0 Å². The molecule has 0 fully saturated rings. The van der Waals surface area contributed by atoms with Crippen molar-refractivity contribution in [1.29, 1.82) is 0 Å². The smallest absolute Gasteiger partial charge is 0.310 e. The summed E-state index contributed by atoms with van der Waals surface area (Å²) >= 11 is 1.60. The van der Waals surface area contributed by atoms with Crippen molar-refractivity contribution in [2.75, 3.05) is 0 Å². The predicted octanol–water partition coefficient (Wildman–Crippen LogP) is 4.23. The van der Waals surface area contributed by atoms with E-state index in [9.17, 15) is 4.79 Å². The number of esters is 1. The van der Waals surface area contributed by atoms with Gasteiger partial charge in [-0.15, -0.1) is 11.3 Å². The van der Waals surface area contributed by atoms with Gasteiger partial charge in [-0.05, 0) is 48.9 Å². The van der Waals surface area contributed by atoms with E-state index in [1.54, 1.807) is 17.6 Å². The van der Waals surface area contributed by atoms with Crippen LogP contribution < -0.4 is 0 Å². The summed E-state index contributed by atoms with van der Waals surface area (Å²) < 4.78 is 11.0. The molecule has 4 rings (SSSR count). The largest absolute Gasteiger partial charge is 0.464 e. The molecule has 3 aromatic rings. The molecule has 5 heteroatoms. The molecule has 2 aromatic heterocycles. The van der Waals surface area contributed by atoms with Gasteiger partial charge in [-0.25, -0.2) is 4.98 Å². The Morgan fingerprint density at radius 3 is 2.96 bits per heavy atom. The molecule has 1 aliphatic rings. The van der Waals surface area contributed by atoms with Crippen LogP contribution in [0.2, 0.25) is 0 Å². The highest BCUT2D eigenvalue weighted by Gasteiger charge is 2.17. The first-order chi connectivity index (χ1) is 11.7. The number of thiazole rings is 1. The van der Waals surface area contributed by atoms with E-state index in [1.807, 2.05) is 5.38 Å². The number of hydrogen-bond donors (Lipinski definition) is 0. The van der Waals surface area contributed by atoms with Crippen LogP contribution in [0.4, 0.5) is 0 Å². The normalized spacial score (nSPS) is 13.4. The minimum atomic E-state index is -0.246. The summed E-state index contributed by atoms with van der Waals surface area (Å²) in [7, 11) is 0. The Bertz CT molecular complexity index is 893. The first kappa shape index (κ1) is 15.4. The van der Waals surface area contributed by atoms with E-state index in [1.165, 1.54) is 17.5 Å². The molecule has 0 unspecified atom stereocenters. The molecule has 24 heavy (non-hydrogen) atoms. The Morgan fingerprint density at radius 2 is 2.17 bits per heavy atom. The number of aryl methyl sites for hydroxylation is 3. The fraction of sp³-hybridized carbons (Fsp3) is 0.368. The standard InChI is InChI=1S/C19H19NO3S/c1-2-18-20-15(11-24-18)10-23-19(21)8-14-9-22-17-7-13-5-3-4-12(13)6-16(14)17/h6-7,9,11H,2-5,8,10H2,1H3. The Morgan fingerprint density at radius 1 is 1.33 bits per heavy atom. The number of furan rings is 1. The summed E-state index contributed by atoms with van der Waals surface area (Å²) in [5, 5.41) is 4.05. The van der Waals surface area contributed by atoms with E-state index >= 15 is 0 Å². The number of nitrogens with zero attached hydrogens (tertiary/aromatic N) is 1. The minimum absolute atomic E-state index is 0.233. The van der Waals surface area contributed by atoms with Crippen molar-refractivity contribution in [3.05, 3.63) is 51.2 Å². The highest BCUT2D eigenvalue weighted by molar-refractivity contribution is 7.09. The number of aromatic nitrogens is 1. The van der Waals surface area contributed by atoms with Crippen molar-refractivity contribution in [1.82, 2.24) is 4.98 Å². The second-order valence-corrected chi connectivity index (χ2v) is 7.10. The lowest BCUT2D eigenvalue weighted by Crippen LogP contribution is -2.08. The lowest BCUT2D eigenvalue weighted by molar-refractivity contribution is -0.144. The molecule has 1 aliphatic carbocycles. The Kier molecular flexibility index (Phi) is 4.10. The summed E-state index contributed by atoms with van der Waals surface area (Å²) in [6.45, 7) is 2.30. The minimum Gasteiger partial charge on any atom is -0.464 e. The van der Waals surface area contributed by atoms with Crippen LogP contribution in [-0.2, 0) is 41.8 Å². The first-order valence-electron chi connectivity index (χ1n) is 8.33. The summed E-state index contributed by atoms with van der Waals surface area (Å²) in [5.74, 6) is -0.246. The van der Waals surface area contributed by atoms with Gasteiger partial charge in [0.25, 0.3) is 0 Å². The molecule has 1 aromatic carbocycles. The maximum absolute atomic E-state index is 12.1. The molecular formula is C19H19NO3S. The number of fused-ring (bicyclic) bond motifs is 2. The third-order valence-corrected chi connectivity index (χ3v) is 5.53. The monoisotopic (exact) mass is 341 g/mol. The molecule has 0 atom stereocenters. The molecule has 0 aliphatic heterocycles. The molecule has 0 saturated heterocycles. The molecule has 0 amide bonds. The number of benzene rings is 1. The van der Waals surface area contributed by atoms with Crippen LogP contribution in [0.15, 0.2) is 28.2 Å². The van der Waals surface area contributed by atoms with Crippen LogP contribution in [0.25, 0.3) is 11.0 Å². The third kappa shape index (κ3) is 2.96. The summed E-state index contributed by atoms with van der Waals surface area (Å²) in [6, 6.07) is 4.30. The van der Waals surface area contributed by atoms with Crippen molar-refractivity contribution < 1.29 is 13.9 Å². The van der Waals surface area contributed by atoms with Gasteiger partial charge in [0.05, 0.1) is 23.4 Å². The molecule has 4 nitrogen and oxygen atoms in total. The van der Waals surface area contributed by atoms with Gasteiger partial charge in [-0.2, -0.15) is 0 Å². The molecule has 0 bridgehead atoms. The van der Waals surface area contributed by atoms with Crippen LogP contribution in [-0.4, -0.2) is 11.0 Å². The van der Waals surface area contributed by atoms with Crippen molar-refractivity contribution in [3.63, 3.8) is 0 Å². The number of carbonyl (C=O) groups excluding carboxylic acids is 1. The summed E-state index contributed by atoms with van der Waals surface area (Å²) in [4.78, 5) is 16.6.